The summed E-state index contributed by atoms with van der Waals surface area (Å²) in [5, 5.41) is 14.1. The first-order valence-corrected chi connectivity index (χ1v) is 6.51. The van der Waals surface area contributed by atoms with E-state index in [2.05, 4.69) is 5.32 Å². The summed E-state index contributed by atoms with van der Waals surface area (Å²) < 4.78 is 4.90. The number of piperazine rings is 1. The van der Waals surface area contributed by atoms with E-state index in [1.54, 1.807) is 36.1 Å². The molecule has 1 aliphatic rings. The molecule has 1 fully saturated rings. The Morgan fingerprint density at radius 3 is 2.59 bits per heavy atom. The summed E-state index contributed by atoms with van der Waals surface area (Å²) in [5.41, 5.74) is 1.18. The molecule has 0 aromatic heterocycles. The Labute approximate surface area is 141 Å². The lowest BCUT2D eigenvalue weighted by Gasteiger charge is -2.31. The highest BCUT2D eigenvalue weighted by molar-refractivity contribution is 5.89. The van der Waals surface area contributed by atoms with Gasteiger partial charge >= 0.3 is 5.97 Å². The molecule has 0 amide bonds. The van der Waals surface area contributed by atoms with Crippen molar-refractivity contribution in [2.75, 3.05) is 31.1 Å². The fourth-order valence-electron chi connectivity index (χ4n) is 2.18. The number of nitro groups is 1. The molecule has 1 heterocycles. The number of halogens is 2. The van der Waals surface area contributed by atoms with Crippen molar-refractivity contribution >= 4 is 36.5 Å². The van der Waals surface area contributed by atoms with Crippen LogP contribution in [0.3, 0.4) is 0 Å². The maximum atomic E-state index is 11.6. The molecule has 1 unspecified atom stereocenters. The third-order valence-corrected chi connectivity index (χ3v) is 3.17. The monoisotopic (exact) mass is 351 g/mol. The van der Waals surface area contributed by atoms with E-state index in [-0.39, 0.29) is 35.7 Å². The number of hydrogen-bond acceptors (Lipinski definition) is 6. The average Bonchev–Trinajstić information content (AvgIpc) is 2.47. The van der Waals surface area contributed by atoms with Crippen molar-refractivity contribution in [1.82, 2.24) is 5.32 Å². The Bertz CT molecular complexity index is 499. The van der Waals surface area contributed by atoms with Crippen LogP contribution in [0.2, 0.25) is 0 Å². The van der Waals surface area contributed by atoms with Gasteiger partial charge in [0.1, 0.15) is 0 Å². The fraction of sp³-hybridized carbons (Fsp3) is 0.462. The summed E-state index contributed by atoms with van der Waals surface area (Å²) in [7, 11) is 0. The summed E-state index contributed by atoms with van der Waals surface area (Å²) in [6.45, 7) is 3.64. The highest BCUT2D eigenvalue weighted by Crippen LogP contribution is 2.19. The molecule has 0 radical (unpaired) electrons. The number of hydrogen-bond donors (Lipinski definition) is 1. The van der Waals surface area contributed by atoms with Crippen molar-refractivity contribution in [2.24, 2.45) is 0 Å². The third kappa shape index (κ3) is 4.72. The average molecular weight is 352 g/mol. The molecule has 1 aromatic carbocycles. The number of esters is 1. The van der Waals surface area contributed by atoms with Crippen LogP contribution in [0.15, 0.2) is 24.3 Å². The van der Waals surface area contributed by atoms with Crippen LogP contribution in [0.25, 0.3) is 0 Å². The van der Waals surface area contributed by atoms with Crippen LogP contribution in [-0.4, -0.2) is 43.3 Å². The number of nitrogens with zero attached hydrogens (tertiary/aromatic N) is 2. The second-order valence-electron chi connectivity index (χ2n) is 4.43. The van der Waals surface area contributed by atoms with Crippen LogP contribution in [0.1, 0.15) is 17.3 Å². The molecule has 1 atom stereocenters. The number of nitrogens with one attached hydrogen (secondary N) is 1. The maximum absolute atomic E-state index is 11.6. The normalized spacial score (nSPS) is 17.0. The number of carbonyl (C=O) groups is 1. The van der Waals surface area contributed by atoms with E-state index in [1.165, 1.54) is 0 Å². The summed E-state index contributed by atoms with van der Waals surface area (Å²) >= 11 is 0. The molecule has 1 N–H and O–H groups in total. The topological polar surface area (TPSA) is 84.7 Å². The Morgan fingerprint density at radius 2 is 2.05 bits per heavy atom. The van der Waals surface area contributed by atoms with E-state index in [0.717, 1.165) is 5.69 Å². The van der Waals surface area contributed by atoms with Gasteiger partial charge in [-0.25, -0.2) is 4.79 Å². The molecule has 1 aromatic rings. The van der Waals surface area contributed by atoms with E-state index < -0.39 is 6.17 Å². The molecule has 124 valence electrons. The smallest absolute Gasteiger partial charge is 0.338 e. The van der Waals surface area contributed by atoms with Crippen LogP contribution in [0.5, 0.6) is 0 Å². The van der Waals surface area contributed by atoms with Crippen molar-refractivity contribution in [3.63, 3.8) is 0 Å². The van der Waals surface area contributed by atoms with Gasteiger partial charge in [-0.3, -0.25) is 10.1 Å². The van der Waals surface area contributed by atoms with Crippen molar-refractivity contribution in [3.05, 3.63) is 39.9 Å². The first-order chi connectivity index (χ1) is 9.63. The molecule has 0 saturated carbocycles. The Morgan fingerprint density at radius 1 is 1.41 bits per heavy atom. The van der Waals surface area contributed by atoms with Crippen molar-refractivity contribution in [3.8, 4) is 0 Å². The molecule has 1 aliphatic heterocycles. The summed E-state index contributed by atoms with van der Waals surface area (Å²) in [4.78, 5) is 24.0. The van der Waals surface area contributed by atoms with Crippen molar-refractivity contribution in [1.29, 1.82) is 0 Å². The van der Waals surface area contributed by atoms with Gasteiger partial charge in [0.25, 0.3) is 6.17 Å². The van der Waals surface area contributed by atoms with Gasteiger partial charge in [-0.2, -0.15) is 0 Å². The quantitative estimate of drug-likeness (QED) is 0.505. The molecule has 2 rings (SSSR count). The lowest BCUT2D eigenvalue weighted by Crippen LogP contribution is -2.55. The lowest BCUT2D eigenvalue weighted by molar-refractivity contribution is -0.520. The largest absolute Gasteiger partial charge is 0.462 e. The van der Waals surface area contributed by atoms with Gasteiger partial charge in [0.15, 0.2) is 0 Å². The minimum Gasteiger partial charge on any atom is -0.462 e. The highest BCUT2D eigenvalue weighted by Gasteiger charge is 2.31. The van der Waals surface area contributed by atoms with E-state index >= 15 is 0 Å². The molecular weight excluding hydrogens is 333 g/mol. The maximum Gasteiger partial charge on any atom is 0.338 e. The lowest BCUT2D eigenvalue weighted by atomic mass is 10.1. The number of benzene rings is 1. The molecule has 0 bridgehead atoms. The van der Waals surface area contributed by atoms with Crippen LogP contribution in [0.4, 0.5) is 5.69 Å². The molecule has 0 aliphatic carbocycles. The summed E-state index contributed by atoms with van der Waals surface area (Å²) in [6, 6.07) is 6.70. The van der Waals surface area contributed by atoms with Crippen LogP contribution in [0, 0.1) is 10.1 Å². The third-order valence-electron chi connectivity index (χ3n) is 3.17. The van der Waals surface area contributed by atoms with E-state index in [1.807, 2.05) is 0 Å². The Kier molecular flexibility index (Phi) is 8.77. The zero-order chi connectivity index (χ0) is 14.5. The van der Waals surface area contributed by atoms with Crippen molar-refractivity contribution < 1.29 is 14.5 Å². The minimum atomic E-state index is -0.780. The summed E-state index contributed by atoms with van der Waals surface area (Å²) in [5.74, 6) is -0.384. The standard InChI is InChI=1S/C13H17N3O4.2ClH/c1-2-20-13(17)10-3-5-11(6-4-10)15-8-7-14-9-12(15)16(18)19;;/h3-6,12,14H,2,7-9H2,1H3;2*1H. The molecule has 7 nitrogen and oxygen atoms in total. The zero-order valence-corrected chi connectivity index (χ0v) is 13.7. The van der Waals surface area contributed by atoms with Crippen LogP contribution >= 0.6 is 24.8 Å². The van der Waals surface area contributed by atoms with Gasteiger partial charge < -0.3 is 15.0 Å². The first kappa shape index (κ1) is 20.4. The van der Waals surface area contributed by atoms with Crippen LogP contribution in [-0.2, 0) is 4.74 Å². The van der Waals surface area contributed by atoms with E-state index in [0.29, 0.717) is 31.8 Å². The molecule has 1 saturated heterocycles. The van der Waals surface area contributed by atoms with Gasteiger partial charge in [0.2, 0.25) is 0 Å². The Hall–Kier alpha value is -1.57. The second-order valence-corrected chi connectivity index (χ2v) is 4.43. The number of carbonyl (C=O) groups excluding carboxylic acids is 1. The van der Waals surface area contributed by atoms with Gasteiger partial charge in [-0.1, -0.05) is 0 Å². The van der Waals surface area contributed by atoms with Gasteiger partial charge in [-0.05, 0) is 31.2 Å². The number of anilines is 1. The minimum absolute atomic E-state index is 0. The SMILES string of the molecule is CCOC(=O)c1ccc(N2CCNCC2[N+](=O)[O-])cc1.Cl.Cl. The van der Waals surface area contributed by atoms with E-state index in [9.17, 15) is 14.9 Å². The second kappa shape index (κ2) is 9.45. The number of rotatable bonds is 4. The molecule has 0 spiro atoms. The molecule has 22 heavy (non-hydrogen) atoms. The van der Waals surface area contributed by atoms with Gasteiger partial charge in [-0.15, -0.1) is 24.8 Å². The van der Waals surface area contributed by atoms with Crippen molar-refractivity contribution in [2.45, 2.75) is 13.1 Å². The van der Waals surface area contributed by atoms with E-state index in [4.69, 9.17) is 4.74 Å². The fourth-order valence-corrected chi connectivity index (χ4v) is 2.18. The zero-order valence-electron chi connectivity index (χ0n) is 12.1. The highest BCUT2D eigenvalue weighted by atomic mass is 35.5. The first-order valence-electron chi connectivity index (χ1n) is 6.51. The molecular formula is C13H19Cl2N3O4. The summed E-state index contributed by atoms with van der Waals surface area (Å²) in [6.07, 6.45) is -0.780. The van der Waals surface area contributed by atoms with Gasteiger partial charge in [0, 0.05) is 23.7 Å². The van der Waals surface area contributed by atoms with Crippen LogP contribution < -0.4 is 10.2 Å². The predicted octanol–water partition coefficient (Wildman–Crippen LogP) is 1.72. The predicted molar refractivity (Wildman–Crippen MR) is 87.9 cm³/mol. The molecule has 9 heteroatoms. The van der Waals surface area contributed by atoms with Gasteiger partial charge in [0.05, 0.1) is 18.7 Å². The number of ether oxygens (including phenoxy) is 1. The Balaban J connectivity index is 0.00000220.